The molecule has 1 aromatic heterocycles. The molecule has 0 atom stereocenters. The van der Waals surface area contributed by atoms with Gasteiger partial charge in [0.2, 0.25) is 0 Å². The van der Waals surface area contributed by atoms with E-state index in [1.807, 2.05) is 19.1 Å². The number of nitrogens with zero attached hydrogens (tertiary/aromatic N) is 2. The number of amides is 1. The van der Waals surface area contributed by atoms with E-state index in [2.05, 4.69) is 24.4 Å². The van der Waals surface area contributed by atoms with E-state index in [-0.39, 0.29) is 17.5 Å². The van der Waals surface area contributed by atoms with E-state index in [0.29, 0.717) is 10.3 Å². The number of hydrogen-bond acceptors (Lipinski definition) is 6. The van der Waals surface area contributed by atoms with Gasteiger partial charge in [-0.3, -0.25) is 14.9 Å². The van der Waals surface area contributed by atoms with Crippen LogP contribution in [0.5, 0.6) is 5.75 Å². The molecule has 0 aliphatic carbocycles. The zero-order valence-corrected chi connectivity index (χ0v) is 17.4. The largest absolute Gasteiger partial charge is 0.496 e. The number of benzene rings is 2. The van der Waals surface area contributed by atoms with E-state index in [1.165, 1.54) is 23.5 Å². The van der Waals surface area contributed by atoms with Gasteiger partial charge in [0.25, 0.3) is 11.6 Å². The number of ether oxygens (including phenoxy) is 1. The van der Waals surface area contributed by atoms with Crippen molar-refractivity contribution in [2.45, 2.75) is 26.7 Å². The number of carbonyl (C=O) groups excluding carboxylic acids is 1. The smallest absolute Gasteiger partial charge is 0.281 e. The number of hydrazone groups is 1. The summed E-state index contributed by atoms with van der Waals surface area (Å²) in [6.07, 6.45) is 1.61. The van der Waals surface area contributed by atoms with Gasteiger partial charge in [0.15, 0.2) is 0 Å². The van der Waals surface area contributed by atoms with Crippen LogP contribution in [0.3, 0.4) is 0 Å². The van der Waals surface area contributed by atoms with E-state index in [1.54, 1.807) is 25.5 Å². The van der Waals surface area contributed by atoms with E-state index in [9.17, 15) is 14.9 Å². The lowest BCUT2D eigenvalue weighted by Crippen LogP contribution is -2.16. The highest BCUT2D eigenvalue weighted by molar-refractivity contribution is 7.20. The lowest BCUT2D eigenvalue weighted by Gasteiger charge is -2.14. The van der Waals surface area contributed by atoms with Crippen LogP contribution in [-0.2, 0) is 0 Å². The first-order valence-electron chi connectivity index (χ1n) is 9.00. The third-order valence-corrected chi connectivity index (χ3v) is 5.66. The van der Waals surface area contributed by atoms with Gasteiger partial charge >= 0.3 is 0 Å². The second-order valence-electron chi connectivity index (χ2n) is 6.89. The van der Waals surface area contributed by atoms with Crippen LogP contribution in [0.25, 0.3) is 10.1 Å². The summed E-state index contributed by atoms with van der Waals surface area (Å²) in [4.78, 5) is 23.3. The molecule has 0 saturated heterocycles. The first-order valence-corrected chi connectivity index (χ1v) is 9.81. The second-order valence-corrected chi connectivity index (χ2v) is 7.98. The molecule has 0 unspecified atom stereocenters. The average molecular weight is 411 g/mol. The number of fused-ring (bicyclic) bond motifs is 1. The fraction of sp³-hybridized carbons (Fsp3) is 0.238. The van der Waals surface area contributed by atoms with Crippen molar-refractivity contribution >= 4 is 39.2 Å². The molecule has 8 heteroatoms. The Bertz CT molecular complexity index is 1120. The van der Waals surface area contributed by atoms with Crippen molar-refractivity contribution in [3.8, 4) is 5.75 Å². The van der Waals surface area contributed by atoms with E-state index >= 15 is 0 Å². The zero-order chi connectivity index (χ0) is 21.1. The number of nitrogens with one attached hydrogen (secondary N) is 1. The zero-order valence-electron chi connectivity index (χ0n) is 16.6. The summed E-state index contributed by atoms with van der Waals surface area (Å²) in [5, 5.41) is 15.6. The van der Waals surface area contributed by atoms with Gasteiger partial charge in [0.1, 0.15) is 5.75 Å². The van der Waals surface area contributed by atoms with Gasteiger partial charge in [-0.1, -0.05) is 13.8 Å². The van der Waals surface area contributed by atoms with Crippen LogP contribution in [0.2, 0.25) is 0 Å². The monoisotopic (exact) mass is 411 g/mol. The maximum Gasteiger partial charge on any atom is 0.281 e. The summed E-state index contributed by atoms with van der Waals surface area (Å²) in [5.74, 6) is 0.758. The molecule has 1 N–H and O–H groups in total. The molecule has 3 rings (SSSR count). The number of non-ortho nitro benzene ring substituents is 1. The summed E-state index contributed by atoms with van der Waals surface area (Å²) in [6, 6.07) is 10.1. The highest BCUT2D eigenvalue weighted by atomic mass is 32.1. The first-order chi connectivity index (χ1) is 13.8. The van der Waals surface area contributed by atoms with Crippen LogP contribution in [0.15, 0.2) is 41.5 Å². The predicted octanol–water partition coefficient (Wildman–Crippen LogP) is 5.01. The minimum atomic E-state index is -0.455. The molecular weight excluding hydrogens is 390 g/mol. The molecule has 0 aliphatic rings. The van der Waals surface area contributed by atoms with Gasteiger partial charge in [-0.2, -0.15) is 5.10 Å². The minimum Gasteiger partial charge on any atom is -0.496 e. The van der Waals surface area contributed by atoms with Crippen molar-refractivity contribution in [1.82, 2.24) is 5.43 Å². The van der Waals surface area contributed by atoms with Gasteiger partial charge in [-0.05, 0) is 53.8 Å². The Morgan fingerprint density at radius 3 is 2.69 bits per heavy atom. The fourth-order valence-electron chi connectivity index (χ4n) is 2.95. The Morgan fingerprint density at radius 1 is 1.28 bits per heavy atom. The summed E-state index contributed by atoms with van der Waals surface area (Å²) >= 11 is 1.26. The van der Waals surface area contributed by atoms with E-state index < -0.39 is 4.92 Å². The van der Waals surface area contributed by atoms with Crippen LogP contribution < -0.4 is 10.2 Å². The molecule has 1 heterocycles. The Morgan fingerprint density at radius 2 is 2.03 bits per heavy atom. The molecule has 0 radical (unpaired) electrons. The Hall–Kier alpha value is -3.26. The molecule has 1 amide bonds. The van der Waals surface area contributed by atoms with Crippen molar-refractivity contribution in [3.63, 3.8) is 0 Å². The SMILES string of the molecule is COc1cc(C)c(C=NNC(=O)c2cc3cc([N+](=O)[O-])ccc3s2)cc1C(C)C. The Balaban J connectivity index is 1.78. The van der Waals surface area contributed by atoms with Crippen molar-refractivity contribution < 1.29 is 14.5 Å². The minimum absolute atomic E-state index is 0.00350. The molecule has 3 aromatic rings. The fourth-order valence-corrected chi connectivity index (χ4v) is 3.89. The molecule has 0 saturated carbocycles. The van der Waals surface area contributed by atoms with Crippen molar-refractivity contribution in [2.75, 3.05) is 7.11 Å². The number of nitro benzene ring substituents is 1. The van der Waals surface area contributed by atoms with Crippen LogP contribution in [0.4, 0.5) is 5.69 Å². The van der Waals surface area contributed by atoms with Gasteiger partial charge in [0.05, 0.1) is 23.1 Å². The summed E-state index contributed by atoms with van der Waals surface area (Å²) in [5.41, 5.74) is 5.46. The third-order valence-electron chi connectivity index (χ3n) is 4.54. The number of thiophene rings is 1. The summed E-state index contributed by atoms with van der Waals surface area (Å²) in [7, 11) is 1.65. The molecule has 0 aliphatic heterocycles. The highest BCUT2D eigenvalue weighted by Crippen LogP contribution is 2.30. The normalized spacial score (nSPS) is 11.3. The van der Waals surface area contributed by atoms with Crippen molar-refractivity contribution in [2.24, 2.45) is 5.10 Å². The lowest BCUT2D eigenvalue weighted by molar-refractivity contribution is -0.384. The number of methoxy groups -OCH3 is 1. The highest BCUT2D eigenvalue weighted by Gasteiger charge is 2.13. The second kappa shape index (κ2) is 8.40. The molecule has 150 valence electrons. The van der Waals surface area contributed by atoms with Crippen molar-refractivity contribution in [1.29, 1.82) is 0 Å². The number of nitro groups is 1. The lowest BCUT2D eigenvalue weighted by atomic mass is 9.97. The van der Waals surface area contributed by atoms with E-state index in [4.69, 9.17) is 4.74 Å². The van der Waals surface area contributed by atoms with Crippen LogP contribution in [0.1, 0.15) is 46.1 Å². The summed E-state index contributed by atoms with van der Waals surface area (Å²) in [6.45, 7) is 6.12. The van der Waals surface area contributed by atoms with Crippen LogP contribution >= 0.6 is 11.3 Å². The van der Waals surface area contributed by atoms with Gasteiger partial charge in [-0.25, -0.2) is 5.43 Å². The number of carbonyl (C=O) groups is 1. The number of aryl methyl sites for hydroxylation is 1. The van der Waals surface area contributed by atoms with Gasteiger partial charge in [0, 0.05) is 22.2 Å². The van der Waals surface area contributed by atoms with Crippen LogP contribution in [-0.4, -0.2) is 24.2 Å². The molecule has 7 nitrogen and oxygen atoms in total. The molecule has 29 heavy (non-hydrogen) atoms. The van der Waals surface area contributed by atoms with Crippen molar-refractivity contribution in [3.05, 3.63) is 68.1 Å². The Labute approximate surface area is 172 Å². The first kappa shape index (κ1) is 20.5. The van der Waals surface area contributed by atoms with Gasteiger partial charge in [-0.15, -0.1) is 11.3 Å². The third kappa shape index (κ3) is 4.43. The molecule has 2 aromatic carbocycles. The quantitative estimate of drug-likeness (QED) is 0.350. The molecule has 0 fully saturated rings. The molecule has 0 bridgehead atoms. The Kier molecular flexibility index (Phi) is 5.93. The summed E-state index contributed by atoms with van der Waals surface area (Å²) < 4.78 is 6.24. The maximum atomic E-state index is 12.4. The van der Waals surface area contributed by atoms with E-state index in [0.717, 1.165) is 27.1 Å². The average Bonchev–Trinajstić information content (AvgIpc) is 3.11. The topological polar surface area (TPSA) is 93.8 Å². The number of rotatable bonds is 6. The molecule has 0 spiro atoms. The predicted molar refractivity (Wildman–Crippen MR) is 115 cm³/mol. The van der Waals surface area contributed by atoms with Crippen LogP contribution in [0, 0.1) is 17.0 Å². The van der Waals surface area contributed by atoms with Gasteiger partial charge < -0.3 is 4.74 Å². The molecular formula is C21H21N3O4S. The number of hydrogen-bond donors (Lipinski definition) is 1. The standard InChI is InChI=1S/C21H21N3O4S/c1-12(2)17-9-15(13(3)7-18(17)28-4)11-22-23-21(25)20-10-14-8-16(24(26)27)5-6-19(14)29-20/h5-12H,1-4H3,(H,23,25). The maximum absolute atomic E-state index is 12.4.